The number of carbonyl (C=O) groups is 2. The van der Waals surface area contributed by atoms with Crippen molar-refractivity contribution in [3.05, 3.63) is 23.2 Å². The summed E-state index contributed by atoms with van der Waals surface area (Å²) in [6.07, 6.45) is 0. The van der Waals surface area contributed by atoms with E-state index in [9.17, 15) is 9.59 Å². The molecule has 6 nitrogen and oxygen atoms in total. The molecule has 0 aliphatic carbocycles. The lowest BCUT2D eigenvalue weighted by molar-refractivity contribution is -0.120. The first-order chi connectivity index (χ1) is 8.38. The molecule has 0 aromatic heterocycles. The molecule has 0 fully saturated rings. The molecule has 2 amide bonds. The van der Waals surface area contributed by atoms with Gasteiger partial charge >= 0.3 is 0 Å². The van der Waals surface area contributed by atoms with Gasteiger partial charge in [-0.05, 0) is 25.2 Å². The number of rotatable bonds is 5. The molecule has 1 aromatic carbocycles. The Morgan fingerprint density at radius 1 is 1.39 bits per heavy atom. The van der Waals surface area contributed by atoms with E-state index in [-0.39, 0.29) is 19.0 Å². The molecule has 1 aromatic rings. The van der Waals surface area contributed by atoms with Crippen LogP contribution in [0.1, 0.15) is 0 Å². The van der Waals surface area contributed by atoms with Gasteiger partial charge in [0, 0.05) is 5.69 Å². The zero-order chi connectivity index (χ0) is 13.7. The van der Waals surface area contributed by atoms with Crippen LogP contribution in [0.5, 0.6) is 0 Å². The quantitative estimate of drug-likeness (QED) is 0.669. The Hall–Kier alpha value is -1.79. The summed E-state index contributed by atoms with van der Waals surface area (Å²) in [6.45, 7) is 0.0620. The lowest BCUT2D eigenvalue weighted by atomic mass is 10.3. The molecule has 18 heavy (non-hydrogen) atoms. The number of primary amides is 1. The number of carbonyl (C=O) groups excluding carboxylic acids is 2. The van der Waals surface area contributed by atoms with Crippen LogP contribution in [0.3, 0.4) is 0 Å². The van der Waals surface area contributed by atoms with Crippen LogP contribution in [-0.2, 0) is 9.59 Å². The molecule has 0 heterocycles. The molecular formula is C11H15ClN4O2. The van der Waals surface area contributed by atoms with Gasteiger partial charge in [-0.15, -0.1) is 0 Å². The minimum absolute atomic E-state index is 0.0168. The smallest absolute Gasteiger partial charge is 0.238 e. The van der Waals surface area contributed by atoms with E-state index < -0.39 is 5.91 Å². The summed E-state index contributed by atoms with van der Waals surface area (Å²) in [7, 11) is 1.62. The van der Waals surface area contributed by atoms with Crippen LogP contribution in [0.4, 0.5) is 11.4 Å². The van der Waals surface area contributed by atoms with Crippen molar-refractivity contribution in [3.63, 3.8) is 0 Å². The average Bonchev–Trinajstić information content (AvgIpc) is 2.20. The summed E-state index contributed by atoms with van der Waals surface area (Å²) in [5, 5.41) is 2.98. The summed E-state index contributed by atoms with van der Waals surface area (Å²) >= 11 is 5.91. The normalized spacial score (nSPS) is 10.4. The van der Waals surface area contributed by atoms with Gasteiger partial charge in [0.25, 0.3) is 0 Å². The third kappa shape index (κ3) is 4.60. The van der Waals surface area contributed by atoms with E-state index in [1.807, 2.05) is 0 Å². The number of hydrogen-bond acceptors (Lipinski definition) is 4. The standard InChI is InChI=1S/C11H15ClN4O2/c1-16(5-10(14)17)6-11(18)15-9-3-2-7(13)4-8(9)12/h2-4H,5-6,13H2,1H3,(H2,14,17)(H,15,18). The fourth-order valence-corrected chi connectivity index (χ4v) is 1.63. The zero-order valence-corrected chi connectivity index (χ0v) is 10.7. The van der Waals surface area contributed by atoms with Crippen LogP contribution in [0.25, 0.3) is 0 Å². The minimum Gasteiger partial charge on any atom is -0.399 e. The van der Waals surface area contributed by atoms with Gasteiger partial charge < -0.3 is 16.8 Å². The van der Waals surface area contributed by atoms with Gasteiger partial charge in [0.15, 0.2) is 0 Å². The molecule has 0 atom stereocenters. The molecule has 0 saturated heterocycles. The molecule has 0 radical (unpaired) electrons. The van der Waals surface area contributed by atoms with Crippen molar-refractivity contribution in [3.8, 4) is 0 Å². The first-order valence-electron chi connectivity index (χ1n) is 5.20. The van der Waals surface area contributed by atoms with Crippen molar-refractivity contribution in [1.29, 1.82) is 0 Å². The second kappa shape index (κ2) is 6.23. The Morgan fingerprint density at radius 2 is 2.06 bits per heavy atom. The molecule has 5 N–H and O–H groups in total. The predicted octanol–water partition coefficient (Wildman–Crippen LogP) is 0.278. The minimum atomic E-state index is -0.490. The summed E-state index contributed by atoms with van der Waals surface area (Å²) in [6, 6.07) is 4.79. The number of amides is 2. The highest BCUT2D eigenvalue weighted by Gasteiger charge is 2.10. The average molecular weight is 271 g/mol. The number of benzene rings is 1. The Labute approximate surface area is 110 Å². The third-order valence-electron chi connectivity index (χ3n) is 2.11. The van der Waals surface area contributed by atoms with Gasteiger partial charge in [0.2, 0.25) is 11.8 Å². The number of hydrogen-bond donors (Lipinski definition) is 3. The SMILES string of the molecule is CN(CC(N)=O)CC(=O)Nc1ccc(N)cc1Cl. The first kappa shape index (κ1) is 14.3. The van der Waals surface area contributed by atoms with Crippen molar-refractivity contribution in [1.82, 2.24) is 4.90 Å². The molecule has 0 bridgehead atoms. The van der Waals surface area contributed by atoms with E-state index in [4.69, 9.17) is 23.1 Å². The molecule has 0 aliphatic heterocycles. The fourth-order valence-electron chi connectivity index (χ4n) is 1.39. The van der Waals surface area contributed by atoms with Crippen molar-refractivity contribution in [2.24, 2.45) is 5.73 Å². The van der Waals surface area contributed by atoms with Crippen molar-refractivity contribution < 1.29 is 9.59 Å². The molecule has 98 valence electrons. The van der Waals surface area contributed by atoms with E-state index in [0.29, 0.717) is 16.4 Å². The monoisotopic (exact) mass is 270 g/mol. The first-order valence-corrected chi connectivity index (χ1v) is 5.58. The van der Waals surface area contributed by atoms with E-state index >= 15 is 0 Å². The lowest BCUT2D eigenvalue weighted by Gasteiger charge is -2.14. The van der Waals surface area contributed by atoms with Crippen LogP contribution in [0.15, 0.2) is 18.2 Å². The highest BCUT2D eigenvalue weighted by Crippen LogP contribution is 2.23. The topological polar surface area (TPSA) is 101 Å². The summed E-state index contributed by atoms with van der Waals surface area (Å²) in [5.74, 6) is -0.777. The Balaban J connectivity index is 2.56. The maximum Gasteiger partial charge on any atom is 0.238 e. The maximum absolute atomic E-state index is 11.6. The van der Waals surface area contributed by atoms with Crippen LogP contribution < -0.4 is 16.8 Å². The molecule has 0 spiro atoms. The lowest BCUT2D eigenvalue weighted by Crippen LogP contribution is -2.36. The van der Waals surface area contributed by atoms with Gasteiger partial charge in [-0.1, -0.05) is 11.6 Å². The molecular weight excluding hydrogens is 256 g/mol. The number of nitrogen functional groups attached to an aromatic ring is 1. The van der Waals surface area contributed by atoms with Crippen LogP contribution in [-0.4, -0.2) is 36.9 Å². The van der Waals surface area contributed by atoms with Crippen LogP contribution in [0, 0.1) is 0 Å². The summed E-state index contributed by atoms with van der Waals surface area (Å²) < 4.78 is 0. The van der Waals surface area contributed by atoms with E-state index in [0.717, 1.165) is 0 Å². The number of anilines is 2. The summed E-state index contributed by atoms with van der Waals surface area (Å²) in [4.78, 5) is 23.8. The highest BCUT2D eigenvalue weighted by molar-refractivity contribution is 6.34. The van der Waals surface area contributed by atoms with Gasteiger partial charge in [-0.2, -0.15) is 0 Å². The zero-order valence-electron chi connectivity index (χ0n) is 9.94. The fraction of sp³-hybridized carbons (Fsp3) is 0.273. The Bertz CT molecular complexity index is 464. The van der Waals surface area contributed by atoms with Crippen molar-refractivity contribution in [2.75, 3.05) is 31.2 Å². The largest absolute Gasteiger partial charge is 0.399 e. The number of nitrogens with zero attached hydrogens (tertiary/aromatic N) is 1. The molecule has 0 aliphatic rings. The highest BCUT2D eigenvalue weighted by atomic mass is 35.5. The Kier molecular flexibility index (Phi) is 4.94. The molecule has 1 rings (SSSR count). The van der Waals surface area contributed by atoms with Gasteiger partial charge in [-0.25, -0.2) is 0 Å². The third-order valence-corrected chi connectivity index (χ3v) is 2.42. The number of nitrogens with one attached hydrogen (secondary N) is 1. The number of likely N-dealkylation sites (N-methyl/N-ethyl adjacent to an activating group) is 1. The molecule has 0 saturated carbocycles. The van der Waals surface area contributed by atoms with Gasteiger partial charge in [0.1, 0.15) is 0 Å². The van der Waals surface area contributed by atoms with E-state index in [1.54, 1.807) is 25.2 Å². The maximum atomic E-state index is 11.6. The van der Waals surface area contributed by atoms with Gasteiger partial charge in [-0.3, -0.25) is 14.5 Å². The Morgan fingerprint density at radius 3 is 2.61 bits per heavy atom. The van der Waals surface area contributed by atoms with E-state index in [2.05, 4.69) is 5.32 Å². The van der Waals surface area contributed by atoms with Crippen LogP contribution in [0.2, 0.25) is 5.02 Å². The van der Waals surface area contributed by atoms with Crippen LogP contribution >= 0.6 is 11.6 Å². The molecule has 7 heteroatoms. The van der Waals surface area contributed by atoms with Gasteiger partial charge in [0.05, 0.1) is 23.8 Å². The van der Waals surface area contributed by atoms with E-state index in [1.165, 1.54) is 4.90 Å². The second-order valence-corrected chi connectivity index (χ2v) is 4.33. The number of nitrogens with two attached hydrogens (primary N) is 2. The van der Waals surface area contributed by atoms with Crippen molar-refractivity contribution >= 4 is 34.8 Å². The summed E-state index contributed by atoms with van der Waals surface area (Å²) in [5.41, 5.74) is 11.5. The van der Waals surface area contributed by atoms with Crippen molar-refractivity contribution in [2.45, 2.75) is 0 Å². The second-order valence-electron chi connectivity index (χ2n) is 3.93. The number of halogens is 1. The molecule has 0 unspecified atom stereocenters. The predicted molar refractivity (Wildman–Crippen MR) is 71.2 cm³/mol.